The lowest BCUT2D eigenvalue weighted by atomic mass is 10.0. The molecule has 1 heterocycles. The molecule has 5 nitrogen and oxygen atoms in total. The van der Waals surface area contributed by atoms with E-state index in [1.807, 2.05) is 12.2 Å². The first-order valence-electron chi connectivity index (χ1n) is 4.29. The standard InChI is InChI=1S/C9H10N2O3/c1-13-11-8-6-4-2-3-5-7(6)14-9(8)10-12/h4-5,12H,2-3H2,1H3/b10-9-,11-8-. The zero-order valence-corrected chi connectivity index (χ0v) is 7.73. The summed E-state index contributed by atoms with van der Waals surface area (Å²) in [4.78, 5) is 4.65. The second-order valence-corrected chi connectivity index (χ2v) is 2.89. The Labute approximate surface area is 81.0 Å². The lowest BCUT2D eigenvalue weighted by molar-refractivity contribution is 0.214. The van der Waals surface area contributed by atoms with Crippen molar-refractivity contribution >= 4 is 11.6 Å². The summed E-state index contributed by atoms with van der Waals surface area (Å²) in [7, 11) is 1.44. The van der Waals surface area contributed by atoms with Gasteiger partial charge < -0.3 is 14.8 Å². The van der Waals surface area contributed by atoms with Gasteiger partial charge >= 0.3 is 0 Å². The van der Waals surface area contributed by atoms with Crippen molar-refractivity contribution in [2.75, 3.05) is 7.11 Å². The van der Waals surface area contributed by atoms with Crippen molar-refractivity contribution in [2.45, 2.75) is 12.8 Å². The summed E-state index contributed by atoms with van der Waals surface area (Å²) in [5.74, 6) is 0.783. The summed E-state index contributed by atoms with van der Waals surface area (Å²) < 4.78 is 5.26. The highest BCUT2D eigenvalue weighted by atomic mass is 16.6. The van der Waals surface area contributed by atoms with Crippen molar-refractivity contribution in [3.05, 3.63) is 23.5 Å². The third-order valence-corrected chi connectivity index (χ3v) is 2.05. The molecular weight excluding hydrogens is 184 g/mol. The average Bonchev–Trinajstić information content (AvgIpc) is 2.58. The molecule has 14 heavy (non-hydrogen) atoms. The molecule has 0 aromatic carbocycles. The van der Waals surface area contributed by atoms with Gasteiger partial charge in [-0.1, -0.05) is 11.2 Å². The first-order valence-corrected chi connectivity index (χ1v) is 4.29. The lowest BCUT2D eigenvalue weighted by Gasteiger charge is -2.03. The van der Waals surface area contributed by atoms with Crippen LogP contribution in [-0.2, 0) is 9.57 Å². The molecule has 5 heteroatoms. The van der Waals surface area contributed by atoms with Crippen molar-refractivity contribution in [2.24, 2.45) is 10.3 Å². The molecule has 0 bridgehead atoms. The van der Waals surface area contributed by atoms with E-state index in [0.717, 1.165) is 18.4 Å². The van der Waals surface area contributed by atoms with Crippen LogP contribution in [0.5, 0.6) is 0 Å². The first kappa shape index (κ1) is 8.80. The van der Waals surface area contributed by atoms with Crippen LogP contribution in [0.4, 0.5) is 0 Å². The van der Waals surface area contributed by atoms with Crippen LogP contribution in [0.25, 0.3) is 0 Å². The zero-order chi connectivity index (χ0) is 9.97. The maximum atomic E-state index is 8.68. The Morgan fingerprint density at radius 3 is 2.93 bits per heavy atom. The molecule has 0 spiro atoms. The summed E-state index contributed by atoms with van der Waals surface area (Å²) in [6.45, 7) is 0. The average molecular weight is 194 g/mol. The molecule has 1 fully saturated rings. The molecule has 1 N–H and O–H groups in total. The zero-order valence-electron chi connectivity index (χ0n) is 7.73. The van der Waals surface area contributed by atoms with Crippen LogP contribution >= 0.6 is 0 Å². The van der Waals surface area contributed by atoms with E-state index >= 15 is 0 Å². The van der Waals surface area contributed by atoms with E-state index in [1.165, 1.54) is 7.11 Å². The molecule has 0 amide bonds. The molecule has 0 radical (unpaired) electrons. The number of nitrogens with zero attached hydrogens (tertiary/aromatic N) is 2. The fourth-order valence-corrected chi connectivity index (χ4v) is 1.48. The quantitative estimate of drug-likeness (QED) is 0.507. The maximum absolute atomic E-state index is 8.68. The number of hydrogen-bond acceptors (Lipinski definition) is 5. The third kappa shape index (κ3) is 1.26. The second-order valence-electron chi connectivity index (χ2n) is 2.89. The molecular formula is C9H10N2O3. The number of hydrogen-bond donors (Lipinski definition) is 1. The topological polar surface area (TPSA) is 63.4 Å². The maximum Gasteiger partial charge on any atom is 0.285 e. The minimum atomic E-state index is 0.0891. The normalized spacial score (nSPS) is 25.5. The molecule has 0 unspecified atom stereocenters. The van der Waals surface area contributed by atoms with Crippen molar-refractivity contribution in [3.63, 3.8) is 0 Å². The van der Waals surface area contributed by atoms with E-state index in [4.69, 9.17) is 9.94 Å². The largest absolute Gasteiger partial charge is 0.434 e. The molecule has 0 saturated carbocycles. The first-order chi connectivity index (χ1) is 6.86. The highest BCUT2D eigenvalue weighted by molar-refractivity contribution is 6.48. The van der Waals surface area contributed by atoms with Crippen molar-refractivity contribution < 1.29 is 14.8 Å². The SMILES string of the molecule is CO/N=C1/C2=CCCC=C2O/C1=N\O. The summed E-state index contributed by atoms with van der Waals surface area (Å²) in [6.07, 6.45) is 5.80. The Morgan fingerprint density at radius 2 is 2.21 bits per heavy atom. The third-order valence-electron chi connectivity index (χ3n) is 2.05. The van der Waals surface area contributed by atoms with Gasteiger partial charge in [0.1, 0.15) is 12.9 Å². The number of oxime groups is 2. The molecule has 1 aliphatic heterocycles. The van der Waals surface area contributed by atoms with Crippen LogP contribution in [0.15, 0.2) is 33.8 Å². The van der Waals surface area contributed by atoms with Crippen LogP contribution in [0, 0.1) is 0 Å². The van der Waals surface area contributed by atoms with Gasteiger partial charge in [-0.05, 0) is 24.1 Å². The molecule has 74 valence electrons. The summed E-state index contributed by atoms with van der Waals surface area (Å²) in [6, 6.07) is 0. The van der Waals surface area contributed by atoms with E-state index in [0.29, 0.717) is 11.5 Å². The van der Waals surface area contributed by atoms with Crippen LogP contribution in [0.3, 0.4) is 0 Å². The molecule has 2 aliphatic rings. The van der Waals surface area contributed by atoms with Gasteiger partial charge in [0, 0.05) is 5.57 Å². The van der Waals surface area contributed by atoms with Crippen LogP contribution < -0.4 is 0 Å². The van der Waals surface area contributed by atoms with Gasteiger partial charge in [0.2, 0.25) is 0 Å². The van der Waals surface area contributed by atoms with Gasteiger partial charge in [-0.3, -0.25) is 0 Å². The summed E-state index contributed by atoms with van der Waals surface area (Å²) >= 11 is 0. The number of ether oxygens (including phenoxy) is 1. The Morgan fingerprint density at radius 1 is 1.43 bits per heavy atom. The minimum Gasteiger partial charge on any atom is -0.434 e. The van der Waals surface area contributed by atoms with Crippen LogP contribution in [0.1, 0.15) is 12.8 Å². The Hall–Kier alpha value is -1.78. The van der Waals surface area contributed by atoms with Gasteiger partial charge in [0.25, 0.3) is 5.90 Å². The van der Waals surface area contributed by atoms with E-state index in [1.54, 1.807) is 0 Å². The smallest absolute Gasteiger partial charge is 0.285 e. The van der Waals surface area contributed by atoms with E-state index in [-0.39, 0.29) is 5.90 Å². The van der Waals surface area contributed by atoms with E-state index < -0.39 is 0 Å². The van der Waals surface area contributed by atoms with E-state index in [9.17, 15) is 0 Å². The molecule has 0 aromatic rings. The fourth-order valence-electron chi connectivity index (χ4n) is 1.48. The van der Waals surface area contributed by atoms with Crippen molar-refractivity contribution in [3.8, 4) is 0 Å². The number of allylic oxidation sites excluding steroid dienone is 3. The highest BCUT2D eigenvalue weighted by Crippen LogP contribution is 2.28. The second kappa shape index (κ2) is 3.53. The van der Waals surface area contributed by atoms with Gasteiger partial charge in [-0.2, -0.15) is 0 Å². The van der Waals surface area contributed by atoms with Crippen LogP contribution in [-0.4, -0.2) is 23.9 Å². The van der Waals surface area contributed by atoms with Gasteiger partial charge in [0.15, 0.2) is 5.71 Å². The molecule has 0 aromatic heterocycles. The van der Waals surface area contributed by atoms with Gasteiger partial charge in [-0.15, -0.1) is 0 Å². The van der Waals surface area contributed by atoms with Gasteiger partial charge in [-0.25, -0.2) is 0 Å². The predicted molar refractivity (Wildman–Crippen MR) is 50.2 cm³/mol. The van der Waals surface area contributed by atoms with E-state index in [2.05, 4.69) is 15.1 Å². The summed E-state index contributed by atoms with van der Waals surface area (Å²) in [5, 5.41) is 15.4. The molecule has 1 aliphatic carbocycles. The highest BCUT2D eigenvalue weighted by Gasteiger charge is 2.32. The molecule has 2 rings (SSSR count). The Bertz CT molecular complexity index is 366. The lowest BCUT2D eigenvalue weighted by Crippen LogP contribution is -2.09. The monoisotopic (exact) mass is 194 g/mol. The van der Waals surface area contributed by atoms with Gasteiger partial charge in [0.05, 0.1) is 0 Å². The minimum absolute atomic E-state index is 0.0891. The van der Waals surface area contributed by atoms with Crippen molar-refractivity contribution in [1.82, 2.24) is 0 Å². The van der Waals surface area contributed by atoms with Crippen LogP contribution in [0.2, 0.25) is 0 Å². The van der Waals surface area contributed by atoms with Crippen molar-refractivity contribution in [1.29, 1.82) is 0 Å². The predicted octanol–water partition coefficient (Wildman–Crippen LogP) is 1.41. The molecule has 1 saturated heterocycles. The number of fused-ring (bicyclic) bond motifs is 1. The Kier molecular flexibility index (Phi) is 2.22. The summed E-state index contributed by atoms with van der Waals surface area (Å²) in [5.41, 5.74) is 1.28. The fraction of sp³-hybridized carbons (Fsp3) is 0.333. The Balaban J connectivity index is 2.43. The molecule has 0 atom stereocenters. The number of rotatable bonds is 1.